The van der Waals surface area contributed by atoms with Gasteiger partial charge in [0.1, 0.15) is 0 Å². The van der Waals surface area contributed by atoms with Crippen LogP contribution in [0.3, 0.4) is 0 Å². The number of hydrogen-bond donors (Lipinski definition) is 0. The van der Waals surface area contributed by atoms with Crippen molar-refractivity contribution in [3.05, 3.63) is 68.5 Å². The zero-order chi connectivity index (χ0) is 28.7. The number of rotatable bonds is 6. The van der Waals surface area contributed by atoms with Crippen LogP contribution in [0.2, 0.25) is 5.02 Å². The number of fused-ring (bicyclic) bond motifs is 1. The van der Waals surface area contributed by atoms with Crippen molar-refractivity contribution in [2.75, 3.05) is 27.3 Å². The molecule has 1 fully saturated rings. The summed E-state index contributed by atoms with van der Waals surface area (Å²) >= 11 is 8.22. The topological polar surface area (TPSA) is 51.7 Å². The van der Waals surface area contributed by atoms with Crippen LogP contribution in [0.1, 0.15) is 81.0 Å². The molecular formula is C33H39ClN2O3S. The van der Waals surface area contributed by atoms with Gasteiger partial charge in [0.2, 0.25) is 5.91 Å². The molecule has 0 bridgehead atoms. The number of methoxy groups -OCH3 is 2. The Morgan fingerprint density at radius 1 is 1.02 bits per heavy atom. The van der Waals surface area contributed by atoms with Gasteiger partial charge in [-0.05, 0) is 77.5 Å². The zero-order valence-corrected chi connectivity index (χ0v) is 25.9. The van der Waals surface area contributed by atoms with Gasteiger partial charge in [0, 0.05) is 36.0 Å². The predicted octanol–water partition coefficient (Wildman–Crippen LogP) is 8.25. The minimum absolute atomic E-state index is 0.0104. The van der Waals surface area contributed by atoms with Gasteiger partial charge in [-0.25, -0.2) is 4.98 Å². The highest BCUT2D eigenvalue weighted by Gasteiger charge is 2.37. The van der Waals surface area contributed by atoms with Crippen molar-refractivity contribution < 1.29 is 14.3 Å². The monoisotopic (exact) mass is 578 g/mol. The van der Waals surface area contributed by atoms with Gasteiger partial charge in [0.15, 0.2) is 11.5 Å². The third-order valence-electron chi connectivity index (χ3n) is 8.75. The second-order valence-corrected chi connectivity index (χ2v) is 13.5. The third-order valence-corrected chi connectivity index (χ3v) is 10.1. The molecule has 1 saturated heterocycles. The summed E-state index contributed by atoms with van der Waals surface area (Å²) in [5.74, 6) is 1.39. The summed E-state index contributed by atoms with van der Waals surface area (Å²) in [6.45, 7) is 10.9. The number of likely N-dealkylation sites (tertiary alicyclic amines) is 1. The lowest BCUT2D eigenvalue weighted by Gasteiger charge is -2.42. The molecule has 40 heavy (non-hydrogen) atoms. The highest BCUT2D eigenvalue weighted by molar-refractivity contribution is 7.10. The van der Waals surface area contributed by atoms with E-state index in [1.165, 1.54) is 34.5 Å². The standard InChI is InChI=1S/C33H39ClN2O3S/c1-32(2)15-16-33(3,4)25-19-23(7-10-24(25)32)26-20-40-31(35-26)22-13-17-36(18-14-22)28(37)12-9-21-8-11-27(38-5)30(39-6)29(21)34/h7-12,19-20,22H,13-18H2,1-6H3. The molecule has 0 unspecified atom stereocenters. The summed E-state index contributed by atoms with van der Waals surface area (Å²) in [6.07, 6.45) is 7.57. The number of ether oxygens (including phenoxy) is 2. The van der Waals surface area contributed by atoms with Gasteiger partial charge in [-0.15, -0.1) is 11.3 Å². The number of benzene rings is 2. The van der Waals surface area contributed by atoms with Crippen LogP contribution in [0.15, 0.2) is 41.8 Å². The first-order valence-electron chi connectivity index (χ1n) is 14.0. The second-order valence-electron chi connectivity index (χ2n) is 12.2. The summed E-state index contributed by atoms with van der Waals surface area (Å²) in [4.78, 5) is 19.9. The predicted molar refractivity (Wildman–Crippen MR) is 165 cm³/mol. The summed E-state index contributed by atoms with van der Waals surface area (Å²) < 4.78 is 10.7. The van der Waals surface area contributed by atoms with E-state index in [2.05, 4.69) is 51.3 Å². The fourth-order valence-corrected chi connectivity index (χ4v) is 7.30. The first-order valence-corrected chi connectivity index (χ1v) is 15.3. The highest BCUT2D eigenvalue weighted by Crippen LogP contribution is 2.47. The summed E-state index contributed by atoms with van der Waals surface area (Å²) in [7, 11) is 3.12. The second kappa shape index (κ2) is 11.2. The first-order chi connectivity index (χ1) is 19.0. The van der Waals surface area contributed by atoms with Gasteiger partial charge in [0.25, 0.3) is 0 Å². The lowest BCUT2D eigenvalue weighted by molar-refractivity contribution is -0.126. The highest BCUT2D eigenvalue weighted by atomic mass is 35.5. The molecule has 0 saturated carbocycles. The van der Waals surface area contributed by atoms with Crippen LogP contribution in [-0.4, -0.2) is 43.1 Å². The smallest absolute Gasteiger partial charge is 0.246 e. The Morgan fingerprint density at radius 2 is 1.73 bits per heavy atom. The molecule has 1 aliphatic carbocycles. The molecule has 2 heterocycles. The van der Waals surface area contributed by atoms with Crippen molar-refractivity contribution >= 4 is 34.9 Å². The first kappa shape index (κ1) is 28.7. The van der Waals surface area contributed by atoms with Crippen LogP contribution in [0.4, 0.5) is 0 Å². The molecule has 0 radical (unpaired) electrons. The molecule has 2 aliphatic rings. The van der Waals surface area contributed by atoms with Crippen LogP contribution in [-0.2, 0) is 15.6 Å². The van der Waals surface area contributed by atoms with Gasteiger partial charge in [-0.2, -0.15) is 0 Å². The van der Waals surface area contributed by atoms with Crippen LogP contribution >= 0.6 is 22.9 Å². The van der Waals surface area contributed by atoms with Crippen LogP contribution in [0.5, 0.6) is 11.5 Å². The maximum atomic E-state index is 12.9. The van der Waals surface area contributed by atoms with Crippen molar-refractivity contribution in [3.8, 4) is 22.8 Å². The minimum atomic E-state index is -0.0104. The lowest BCUT2D eigenvalue weighted by atomic mass is 9.63. The Kier molecular flexibility index (Phi) is 8.04. The Labute approximate surface area is 247 Å². The molecule has 7 heteroatoms. The van der Waals surface area contributed by atoms with E-state index in [1.54, 1.807) is 43.8 Å². The van der Waals surface area contributed by atoms with Crippen LogP contribution < -0.4 is 9.47 Å². The van der Waals surface area contributed by atoms with E-state index in [0.717, 1.165) is 18.5 Å². The normalized spacial score (nSPS) is 18.5. The summed E-state index contributed by atoms with van der Waals surface area (Å²) in [5, 5.41) is 3.80. The zero-order valence-electron chi connectivity index (χ0n) is 24.3. The number of nitrogens with zero attached hydrogens (tertiary/aromatic N) is 2. The number of amides is 1. The molecule has 0 spiro atoms. The Hall–Kier alpha value is -2.83. The Morgan fingerprint density at radius 3 is 2.40 bits per heavy atom. The number of carbonyl (C=O) groups excluding carboxylic acids is 1. The Balaban J connectivity index is 1.24. The van der Waals surface area contributed by atoms with E-state index < -0.39 is 0 Å². The van der Waals surface area contributed by atoms with Crippen LogP contribution in [0.25, 0.3) is 17.3 Å². The third kappa shape index (κ3) is 5.53. The summed E-state index contributed by atoms with van der Waals surface area (Å²) in [5.41, 5.74) is 6.32. The maximum absolute atomic E-state index is 12.9. The molecule has 5 rings (SSSR count). The van der Waals surface area contributed by atoms with E-state index in [1.807, 2.05) is 11.0 Å². The molecule has 5 nitrogen and oxygen atoms in total. The van der Waals surface area contributed by atoms with Gasteiger partial charge in [0.05, 0.1) is 29.9 Å². The molecule has 212 valence electrons. The quantitative estimate of drug-likeness (QED) is 0.276. The van der Waals surface area contributed by atoms with E-state index in [0.29, 0.717) is 41.1 Å². The largest absolute Gasteiger partial charge is 0.493 e. The number of piperidine rings is 1. The van der Waals surface area contributed by atoms with E-state index >= 15 is 0 Å². The van der Waals surface area contributed by atoms with Gasteiger partial charge in [-0.1, -0.05) is 51.4 Å². The number of aromatic nitrogens is 1. The fourth-order valence-electron chi connectivity index (χ4n) is 6.00. The van der Waals surface area contributed by atoms with Gasteiger partial charge < -0.3 is 14.4 Å². The van der Waals surface area contributed by atoms with Crippen molar-refractivity contribution in [1.29, 1.82) is 0 Å². The van der Waals surface area contributed by atoms with Crippen molar-refractivity contribution in [2.24, 2.45) is 0 Å². The lowest BCUT2D eigenvalue weighted by Crippen LogP contribution is -2.36. The van der Waals surface area contributed by atoms with E-state index in [4.69, 9.17) is 26.1 Å². The molecule has 1 amide bonds. The van der Waals surface area contributed by atoms with Crippen LogP contribution in [0, 0.1) is 0 Å². The average molecular weight is 579 g/mol. The number of halogens is 1. The van der Waals surface area contributed by atoms with Crippen molar-refractivity contribution in [2.45, 2.75) is 70.1 Å². The molecular weight excluding hydrogens is 540 g/mol. The minimum Gasteiger partial charge on any atom is -0.493 e. The fraction of sp³-hybridized carbons (Fsp3) is 0.455. The van der Waals surface area contributed by atoms with Crippen molar-refractivity contribution in [3.63, 3.8) is 0 Å². The molecule has 1 aliphatic heterocycles. The average Bonchev–Trinajstić information content (AvgIpc) is 3.45. The van der Waals surface area contributed by atoms with Crippen molar-refractivity contribution in [1.82, 2.24) is 9.88 Å². The van der Waals surface area contributed by atoms with E-state index in [9.17, 15) is 4.79 Å². The summed E-state index contributed by atoms with van der Waals surface area (Å²) in [6, 6.07) is 10.6. The van der Waals surface area contributed by atoms with Gasteiger partial charge in [-0.3, -0.25) is 4.79 Å². The molecule has 0 atom stereocenters. The number of thiazole rings is 1. The molecule has 2 aromatic carbocycles. The Bertz CT molecular complexity index is 1430. The van der Waals surface area contributed by atoms with Gasteiger partial charge >= 0.3 is 0 Å². The number of carbonyl (C=O) groups is 1. The molecule has 0 N–H and O–H groups in total. The maximum Gasteiger partial charge on any atom is 0.246 e. The molecule has 1 aromatic heterocycles. The van der Waals surface area contributed by atoms with E-state index in [-0.39, 0.29) is 16.7 Å². The SMILES string of the molecule is COc1ccc(C=CC(=O)N2CCC(c3nc(-c4ccc5c(c4)C(C)(C)CCC5(C)C)cs3)CC2)c(Cl)c1OC. The molecule has 3 aromatic rings. The number of hydrogen-bond acceptors (Lipinski definition) is 5.